The molecule has 55 valence electrons. The van der Waals surface area contributed by atoms with E-state index < -0.39 is 0 Å². The summed E-state index contributed by atoms with van der Waals surface area (Å²) in [7, 11) is 0. The highest BCUT2D eigenvalue weighted by Gasteiger charge is 1.92. The Morgan fingerprint density at radius 3 is 3.10 bits per heavy atom. The summed E-state index contributed by atoms with van der Waals surface area (Å²) in [5.74, 6) is 0. The van der Waals surface area contributed by atoms with Gasteiger partial charge in [-0.2, -0.15) is 5.10 Å². The molecule has 0 aliphatic heterocycles. The molecule has 0 fully saturated rings. The zero-order valence-corrected chi connectivity index (χ0v) is 7.56. The Hall–Kier alpha value is -0.310. The molecule has 0 unspecified atom stereocenters. The Morgan fingerprint density at radius 1 is 1.80 bits per heavy atom. The minimum atomic E-state index is 0.934. The van der Waals surface area contributed by atoms with Crippen LogP contribution < -0.4 is 0 Å². The van der Waals surface area contributed by atoms with Crippen molar-refractivity contribution < 1.29 is 0 Å². The molecule has 0 amide bonds. The summed E-state index contributed by atoms with van der Waals surface area (Å²) in [4.78, 5) is 0. The average molecular weight is 202 g/mol. The van der Waals surface area contributed by atoms with Gasteiger partial charge in [-0.25, -0.2) is 0 Å². The fourth-order valence-electron chi connectivity index (χ4n) is 0.735. The minimum absolute atomic E-state index is 0.934. The van der Waals surface area contributed by atoms with Gasteiger partial charge in [0.15, 0.2) is 0 Å². The normalized spacial score (nSPS) is 10.2. The van der Waals surface area contributed by atoms with Gasteiger partial charge in [-0.15, -0.1) is 0 Å². The predicted molar refractivity (Wildman–Crippen MR) is 43.7 cm³/mol. The predicted octanol–water partition coefficient (Wildman–Crippen LogP) is 2.25. The fourth-order valence-corrected chi connectivity index (χ4v) is 1.05. The van der Waals surface area contributed by atoms with Gasteiger partial charge in [0, 0.05) is 12.7 Å². The van der Waals surface area contributed by atoms with Gasteiger partial charge in [0.2, 0.25) is 0 Å². The van der Waals surface area contributed by atoms with Crippen LogP contribution in [0.25, 0.3) is 0 Å². The fraction of sp³-hybridized carbons (Fsp3) is 0.571. The number of hydrogen-bond donors (Lipinski definition) is 0. The van der Waals surface area contributed by atoms with E-state index in [-0.39, 0.29) is 0 Å². The molecule has 1 rings (SSSR count). The van der Waals surface area contributed by atoms with Crippen LogP contribution >= 0.6 is 15.9 Å². The van der Waals surface area contributed by atoms with E-state index in [9.17, 15) is 0 Å². The maximum absolute atomic E-state index is 4.00. The molecule has 0 N–H and O–H groups in total. The van der Waals surface area contributed by atoms with Crippen molar-refractivity contribution in [3.63, 3.8) is 0 Å². The van der Waals surface area contributed by atoms with Crippen LogP contribution in [0.2, 0.25) is 0 Å². The summed E-state index contributed by atoms with van der Waals surface area (Å²) in [5.41, 5.74) is 0. The molecule has 10 heavy (non-hydrogen) atoms. The molecule has 2 nitrogen and oxygen atoms in total. The van der Waals surface area contributed by atoms with E-state index in [4.69, 9.17) is 0 Å². The van der Waals surface area contributed by atoms with Crippen LogP contribution in [0.3, 0.4) is 0 Å². The second-order valence-corrected chi connectivity index (χ2v) is 3.06. The van der Waals surface area contributed by atoms with E-state index in [1.165, 1.54) is 12.8 Å². The lowest BCUT2D eigenvalue weighted by molar-refractivity contribution is 0.571. The first-order valence-electron chi connectivity index (χ1n) is 3.43. The Balaban J connectivity index is 2.42. The van der Waals surface area contributed by atoms with E-state index in [2.05, 4.69) is 34.1 Å². The zero-order valence-electron chi connectivity index (χ0n) is 5.97. The summed E-state index contributed by atoms with van der Waals surface area (Å²) in [5, 5.41) is 4.00. The van der Waals surface area contributed by atoms with E-state index in [1.54, 1.807) is 0 Å². The molecular formula is C7H10BrN2. The Labute approximate surface area is 69.4 Å². The van der Waals surface area contributed by atoms with Crippen molar-refractivity contribution in [2.75, 3.05) is 0 Å². The molecule has 0 saturated heterocycles. The van der Waals surface area contributed by atoms with Gasteiger partial charge >= 0.3 is 0 Å². The monoisotopic (exact) mass is 201 g/mol. The van der Waals surface area contributed by atoms with E-state index in [0.717, 1.165) is 11.0 Å². The topological polar surface area (TPSA) is 17.8 Å². The SMILES string of the molecule is CCCCn1cc(Br)[c]n1. The van der Waals surface area contributed by atoms with Crippen molar-refractivity contribution in [3.8, 4) is 0 Å². The number of aryl methyl sites for hydroxylation is 1. The molecule has 0 spiro atoms. The number of rotatable bonds is 3. The lowest BCUT2D eigenvalue weighted by Gasteiger charge is -1.95. The quantitative estimate of drug-likeness (QED) is 0.734. The molecule has 0 bridgehead atoms. The molecule has 3 heteroatoms. The van der Waals surface area contributed by atoms with Gasteiger partial charge in [-0.05, 0) is 22.4 Å². The summed E-state index contributed by atoms with van der Waals surface area (Å²) >= 11 is 3.29. The van der Waals surface area contributed by atoms with Crippen LogP contribution in [0.5, 0.6) is 0 Å². The van der Waals surface area contributed by atoms with E-state index in [1.807, 2.05) is 10.9 Å². The summed E-state index contributed by atoms with van der Waals surface area (Å²) in [6.45, 7) is 3.17. The summed E-state index contributed by atoms with van der Waals surface area (Å²) in [6, 6.07) is 0. The molecule has 0 saturated carbocycles. The number of nitrogens with zero attached hydrogens (tertiary/aromatic N) is 2. The molecule has 0 atom stereocenters. The maximum atomic E-state index is 4.00. The molecule has 1 aromatic rings. The Kier molecular flexibility index (Phi) is 2.93. The molecule has 1 heterocycles. The van der Waals surface area contributed by atoms with Crippen molar-refractivity contribution in [2.24, 2.45) is 0 Å². The molecule has 1 radical (unpaired) electrons. The van der Waals surface area contributed by atoms with Crippen LogP contribution in [-0.2, 0) is 6.54 Å². The average Bonchev–Trinajstić information content (AvgIpc) is 2.31. The van der Waals surface area contributed by atoms with Crippen LogP contribution in [0, 0.1) is 6.20 Å². The smallest absolute Gasteiger partial charge is 0.128 e. The molecule has 0 aliphatic rings. The number of unbranched alkanes of at least 4 members (excludes halogenated alkanes) is 1. The second kappa shape index (κ2) is 3.76. The maximum Gasteiger partial charge on any atom is 0.128 e. The Bertz CT molecular complexity index is 195. The minimum Gasteiger partial charge on any atom is -0.271 e. The number of hydrogen-bond acceptors (Lipinski definition) is 1. The Morgan fingerprint density at radius 2 is 2.60 bits per heavy atom. The standard InChI is InChI=1S/C7H10BrN2/c1-2-3-4-10-6-7(8)5-9-10/h6H,2-4H2,1H3. The largest absolute Gasteiger partial charge is 0.271 e. The van der Waals surface area contributed by atoms with Crippen molar-refractivity contribution in [1.82, 2.24) is 9.78 Å². The first kappa shape index (κ1) is 7.79. The third-order valence-electron chi connectivity index (χ3n) is 1.29. The summed E-state index contributed by atoms with van der Waals surface area (Å²) < 4.78 is 2.83. The van der Waals surface area contributed by atoms with Crippen LogP contribution in [-0.4, -0.2) is 9.78 Å². The second-order valence-electron chi connectivity index (χ2n) is 2.21. The van der Waals surface area contributed by atoms with Crippen LogP contribution in [0.1, 0.15) is 19.8 Å². The zero-order chi connectivity index (χ0) is 7.40. The lowest BCUT2D eigenvalue weighted by Crippen LogP contribution is -1.96. The van der Waals surface area contributed by atoms with Gasteiger partial charge in [0.1, 0.15) is 6.20 Å². The number of aromatic nitrogens is 2. The number of halogens is 1. The van der Waals surface area contributed by atoms with E-state index in [0.29, 0.717) is 0 Å². The van der Waals surface area contributed by atoms with Crippen molar-refractivity contribution >= 4 is 15.9 Å². The van der Waals surface area contributed by atoms with Gasteiger partial charge in [-0.3, -0.25) is 4.68 Å². The highest BCUT2D eigenvalue weighted by atomic mass is 79.9. The molecule has 0 aliphatic carbocycles. The molecule has 0 aromatic carbocycles. The van der Waals surface area contributed by atoms with Crippen molar-refractivity contribution in [3.05, 3.63) is 16.9 Å². The highest BCUT2D eigenvalue weighted by molar-refractivity contribution is 9.10. The first-order chi connectivity index (χ1) is 4.83. The van der Waals surface area contributed by atoms with Crippen LogP contribution in [0.4, 0.5) is 0 Å². The molecule has 1 aromatic heterocycles. The first-order valence-corrected chi connectivity index (χ1v) is 4.23. The summed E-state index contributed by atoms with van der Waals surface area (Å²) in [6.07, 6.45) is 7.14. The van der Waals surface area contributed by atoms with E-state index >= 15 is 0 Å². The highest BCUT2D eigenvalue weighted by Crippen LogP contribution is 2.05. The van der Waals surface area contributed by atoms with Gasteiger partial charge in [-0.1, -0.05) is 13.3 Å². The van der Waals surface area contributed by atoms with Crippen LogP contribution in [0.15, 0.2) is 10.7 Å². The van der Waals surface area contributed by atoms with Gasteiger partial charge in [0.25, 0.3) is 0 Å². The molecular weight excluding hydrogens is 192 g/mol. The van der Waals surface area contributed by atoms with Crippen molar-refractivity contribution in [2.45, 2.75) is 26.3 Å². The van der Waals surface area contributed by atoms with Gasteiger partial charge in [0.05, 0.1) is 4.47 Å². The lowest BCUT2D eigenvalue weighted by atomic mass is 10.3. The third kappa shape index (κ3) is 2.14. The van der Waals surface area contributed by atoms with Crippen molar-refractivity contribution in [1.29, 1.82) is 0 Å². The third-order valence-corrected chi connectivity index (χ3v) is 1.67. The van der Waals surface area contributed by atoms with Gasteiger partial charge < -0.3 is 0 Å².